The highest BCUT2D eigenvalue weighted by atomic mass is 32.2. The van der Waals surface area contributed by atoms with E-state index in [4.69, 9.17) is 5.73 Å². The minimum absolute atomic E-state index is 0.445. The van der Waals surface area contributed by atoms with Gasteiger partial charge in [0.15, 0.2) is 16.6 Å². The van der Waals surface area contributed by atoms with Crippen molar-refractivity contribution in [1.29, 1.82) is 0 Å². The standard InChI is InChI=1S/C9H13N5S/c1-2-3-4-15-9-13-7(10)6-8(14-9)12-5-11-6/h5H,2-4H2,1H3,(H3,10,11,12,13,14). The van der Waals surface area contributed by atoms with Crippen molar-refractivity contribution in [3.05, 3.63) is 6.33 Å². The molecule has 0 aliphatic rings. The van der Waals surface area contributed by atoms with E-state index in [1.165, 1.54) is 6.42 Å². The lowest BCUT2D eigenvalue weighted by atomic mass is 10.4. The van der Waals surface area contributed by atoms with Crippen LogP contribution < -0.4 is 5.73 Å². The van der Waals surface area contributed by atoms with Gasteiger partial charge in [-0.2, -0.15) is 0 Å². The van der Waals surface area contributed by atoms with Crippen LogP contribution in [0.4, 0.5) is 5.82 Å². The number of aromatic nitrogens is 4. The van der Waals surface area contributed by atoms with E-state index in [1.807, 2.05) is 0 Å². The first-order valence-corrected chi connectivity index (χ1v) is 5.89. The molecule has 0 fully saturated rings. The maximum atomic E-state index is 5.76. The van der Waals surface area contributed by atoms with Crippen LogP contribution in [0.3, 0.4) is 0 Å². The highest BCUT2D eigenvalue weighted by molar-refractivity contribution is 7.99. The van der Waals surface area contributed by atoms with Crippen molar-refractivity contribution in [3.8, 4) is 0 Å². The summed E-state index contributed by atoms with van der Waals surface area (Å²) in [7, 11) is 0. The fraction of sp³-hybridized carbons (Fsp3) is 0.444. The zero-order chi connectivity index (χ0) is 10.7. The minimum atomic E-state index is 0.445. The average Bonchev–Trinajstić information content (AvgIpc) is 2.66. The summed E-state index contributed by atoms with van der Waals surface area (Å²) < 4.78 is 0. The molecule has 0 atom stereocenters. The first kappa shape index (κ1) is 10.2. The fourth-order valence-corrected chi connectivity index (χ4v) is 2.14. The van der Waals surface area contributed by atoms with E-state index in [0.717, 1.165) is 17.3 Å². The van der Waals surface area contributed by atoms with Crippen molar-refractivity contribution in [3.63, 3.8) is 0 Å². The molecule has 0 radical (unpaired) electrons. The van der Waals surface area contributed by atoms with Gasteiger partial charge in [0.05, 0.1) is 6.33 Å². The van der Waals surface area contributed by atoms with Gasteiger partial charge < -0.3 is 10.7 Å². The Labute approximate surface area is 91.9 Å². The number of imidazole rings is 1. The molecule has 80 valence electrons. The molecular weight excluding hydrogens is 210 g/mol. The number of nitrogens with two attached hydrogens (primary N) is 1. The normalized spacial score (nSPS) is 11.0. The number of hydrogen-bond acceptors (Lipinski definition) is 5. The van der Waals surface area contributed by atoms with Crippen LogP contribution in [0, 0.1) is 0 Å². The van der Waals surface area contributed by atoms with Crippen molar-refractivity contribution in [2.24, 2.45) is 0 Å². The molecule has 2 aromatic rings. The molecule has 0 amide bonds. The third kappa shape index (κ3) is 2.20. The van der Waals surface area contributed by atoms with Crippen LogP contribution in [-0.4, -0.2) is 25.7 Å². The Balaban J connectivity index is 2.21. The summed E-state index contributed by atoms with van der Waals surface area (Å²) in [6.45, 7) is 2.16. The zero-order valence-corrected chi connectivity index (χ0v) is 9.34. The van der Waals surface area contributed by atoms with E-state index in [0.29, 0.717) is 17.0 Å². The van der Waals surface area contributed by atoms with Crippen LogP contribution in [0.15, 0.2) is 11.5 Å². The summed E-state index contributed by atoms with van der Waals surface area (Å²) in [5.74, 6) is 1.47. The summed E-state index contributed by atoms with van der Waals surface area (Å²) in [6.07, 6.45) is 3.92. The number of nitrogens with zero attached hydrogens (tertiary/aromatic N) is 3. The van der Waals surface area contributed by atoms with Gasteiger partial charge in [-0.25, -0.2) is 15.0 Å². The van der Waals surface area contributed by atoms with Gasteiger partial charge in [-0.3, -0.25) is 0 Å². The first-order valence-electron chi connectivity index (χ1n) is 4.90. The van der Waals surface area contributed by atoms with Crippen LogP contribution in [0.25, 0.3) is 11.2 Å². The third-order valence-electron chi connectivity index (χ3n) is 2.01. The fourth-order valence-electron chi connectivity index (χ4n) is 1.21. The molecule has 0 bridgehead atoms. The number of aromatic amines is 1. The maximum Gasteiger partial charge on any atom is 0.191 e. The molecule has 0 saturated carbocycles. The Hall–Kier alpha value is -1.30. The van der Waals surface area contributed by atoms with Gasteiger partial charge in [0.1, 0.15) is 5.52 Å². The van der Waals surface area contributed by atoms with Gasteiger partial charge in [-0.15, -0.1) is 0 Å². The number of nitrogen functional groups attached to an aromatic ring is 1. The van der Waals surface area contributed by atoms with Crippen LogP contribution in [0.2, 0.25) is 0 Å². The number of hydrogen-bond donors (Lipinski definition) is 2. The Morgan fingerprint density at radius 1 is 1.47 bits per heavy atom. The molecule has 0 spiro atoms. The lowest BCUT2D eigenvalue weighted by molar-refractivity contribution is 0.890. The van der Waals surface area contributed by atoms with E-state index >= 15 is 0 Å². The predicted octanol–water partition coefficient (Wildman–Crippen LogP) is 1.83. The Kier molecular flexibility index (Phi) is 3.05. The van der Waals surface area contributed by atoms with Gasteiger partial charge in [0.25, 0.3) is 0 Å². The number of fused-ring (bicyclic) bond motifs is 1. The molecule has 2 rings (SSSR count). The third-order valence-corrected chi connectivity index (χ3v) is 2.95. The largest absolute Gasteiger partial charge is 0.382 e. The monoisotopic (exact) mass is 223 g/mol. The van der Waals surface area contributed by atoms with Gasteiger partial charge in [-0.1, -0.05) is 25.1 Å². The second kappa shape index (κ2) is 4.48. The van der Waals surface area contributed by atoms with Crippen molar-refractivity contribution in [2.75, 3.05) is 11.5 Å². The van der Waals surface area contributed by atoms with E-state index in [2.05, 4.69) is 26.9 Å². The number of unbranched alkanes of at least 4 members (excludes halogenated alkanes) is 1. The van der Waals surface area contributed by atoms with Crippen molar-refractivity contribution < 1.29 is 0 Å². The molecule has 2 aromatic heterocycles. The highest BCUT2D eigenvalue weighted by Crippen LogP contribution is 2.20. The molecule has 0 aliphatic heterocycles. The SMILES string of the molecule is CCCCSc1nc(N)c2nc[nH]c2n1. The van der Waals surface area contributed by atoms with Gasteiger partial charge >= 0.3 is 0 Å². The average molecular weight is 223 g/mol. The highest BCUT2D eigenvalue weighted by Gasteiger charge is 2.06. The van der Waals surface area contributed by atoms with Gasteiger partial charge in [0.2, 0.25) is 0 Å². The van der Waals surface area contributed by atoms with Crippen molar-refractivity contribution in [2.45, 2.75) is 24.9 Å². The minimum Gasteiger partial charge on any atom is -0.382 e. The van der Waals surface area contributed by atoms with Gasteiger partial charge in [-0.05, 0) is 6.42 Å². The van der Waals surface area contributed by atoms with Crippen LogP contribution in [0.5, 0.6) is 0 Å². The zero-order valence-electron chi connectivity index (χ0n) is 8.53. The maximum absolute atomic E-state index is 5.76. The molecule has 15 heavy (non-hydrogen) atoms. The molecule has 0 saturated heterocycles. The number of thioether (sulfide) groups is 1. The predicted molar refractivity (Wildman–Crippen MR) is 61.7 cm³/mol. The van der Waals surface area contributed by atoms with E-state index in [9.17, 15) is 0 Å². The molecule has 0 unspecified atom stereocenters. The summed E-state index contributed by atoms with van der Waals surface area (Å²) in [5.41, 5.74) is 7.12. The topological polar surface area (TPSA) is 80.5 Å². The summed E-state index contributed by atoms with van der Waals surface area (Å²) in [4.78, 5) is 15.5. The Morgan fingerprint density at radius 2 is 2.33 bits per heavy atom. The molecular formula is C9H13N5S. The van der Waals surface area contributed by atoms with E-state index < -0.39 is 0 Å². The van der Waals surface area contributed by atoms with Crippen molar-refractivity contribution in [1.82, 2.24) is 19.9 Å². The number of anilines is 1. The van der Waals surface area contributed by atoms with E-state index in [-0.39, 0.29) is 0 Å². The van der Waals surface area contributed by atoms with Crippen LogP contribution >= 0.6 is 11.8 Å². The van der Waals surface area contributed by atoms with Gasteiger partial charge in [0, 0.05) is 5.75 Å². The second-order valence-corrected chi connectivity index (χ2v) is 4.26. The summed E-state index contributed by atoms with van der Waals surface area (Å²) in [5, 5.41) is 0.720. The summed E-state index contributed by atoms with van der Waals surface area (Å²) in [6, 6.07) is 0. The molecule has 0 aromatic carbocycles. The molecule has 3 N–H and O–H groups in total. The number of rotatable bonds is 4. The second-order valence-electron chi connectivity index (χ2n) is 3.19. The molecule has 0 aliphatic carbocycles. The number of nitrogens with one attached hydrogen (secondary N) is 1. The lowest BCUT2D eigenvalue weighted by Crippen LogP contribution is -1.97. The Bertz CT molecular complexity index is 453. The molecule has 5 nitrogen and oxygen atoms in total. The van der Waals surface area contributed by atoms with Crippen LogP contribution in [0.1, 0.15) is 19.8 Å². The van der Waals surface area contributed by atoms with Crippen LogP contribution in [-0.2, 0) is 0 Å². The molecule has 6 heteroatoms. The molecule has 2 heterocycles. The number of H-pyrrole nitrogens is 1. The van der Waals surface area contributed by atoms with Crippen molar-refractivity contribution >= 4 is 28.7 Å². The lowest BCUT2D eigenvalue weighted by Gasteiger charge is -2.00. The summed E-state index contributed by atoms with van der Waals surface area (Å²) >= 11 is 1.63. The smallest absolute Gasteiger partial charge is 0.191 e. The first-order chi connectivity index (χ1) is 7.31. The quantitative estimate of drug-likeness (QED) is 0.469. The Morgan fingerprint density at radius 3 is 3.13 bits per heavy atom. The van der Waals surface area contributed by atoms with E-state index in [1.54, 1.807) is 18.1 Å².